The van der Waals surface area contributed by atoms with Crippen LogP contribution in [0.3, 0.4) is 0 Å². The number of amides is 1. The highest BCUT2D eigenvalue weighted by Crippen LogP contribution is 2.21. The van der Waals surface area contributed by atoms with Crippen molar-refractivity contribution in [2.75, 3.05) is 37.7 Å². The second-order valence-electron chi connectivity index (χ2n) is 6.39. The van der Waals surface area contributed by atoms with Gasteiger partial charge < -0.3 is 4.90 Å². The van der Waals surface area contributed by atoms with Crippen molar-refractivity contribution in [3.63, 3.8) is 0 Å². The molecule has 2 aliphatic rings. The molecule has 0 unspecified atom stereocenters. The molecule has 2 heterocycles. The lowest BCUT2D eigenvalue weighted by Gasteiger charge is -2.37. The molecule has 1 aromatic rings. The zero-order chi connectivity index (χ0) is 18.0. The van der Waals surface area contributed by atoms with Crippen LogP contribution in [-0.2, 0) is 14.6 Å². The van der Waals surface area contributed by atoms with Gasteiger partial charge in [-0.15, -0.1) is 0 Å². The van der Waals surface area contributed by atoms with E-state index in [0.29, 0.717) is 32.6 Å². The van der Waals surface area contributed by atoms with E-state index in [1.54, 1.807) is 11.0 Å². The monoisotopic (exact) mass is 386 g/mol. The van der Waals surface area contributed by atoms with Gasteiger partial charge in [-0.3, -0.25) is 9.69 Å². The van der Waals surface area contributed by atoms with Crippen LogP contribution in [-0.4, -0.2) is 67.9 Å². The van der Waals surface area contributed by atoms with Crippen molar-refractivity contribution in [2.45, 2.75) is 12.5 Å². The van der Waals surface area contributed by atoms with Crippen LogP contribution >= 0.6 is 11.6 Å². The predicted molar refractivity (Wildman–Crippen MR) is 95.7 cm³/mol. The van der Waals surface area contributed by atoms with Crippen molar-refractivity contribution in [1.29, 1.82) is 0 Å². The Morgan fingerprint density at radius 2 is 1.96 bits per heavy atom. The number of piperazine rings is 1. The number of sulfone groups is 1. The first-order valence-electron chi connectivity index (χ1n) is 8.21. The fourth-order valence-corrected chi connectivity index (χ4v) is 5.29. The first-order valence-corrected chi connectivity index (χ1v) is 10.4. The minimum Gasteiger partial charge on any atom is -0.337 e. The molecule has 136 valence electrons. The standard InChI is InChI=1S/C17H20ClFN2O3S/c18-15-2-1-3-16(19)14(15)4-5-17(22)21-9-7-20(8-10-21)13-6-11-25(23,24)12-13/h1-5,13H,6-12H2/b5-4+/t13-/m0/s1. The molecule has 3 rings (SSSR count). The van der Waals surface area contributed by atoms with Crippen LogP contribution in [0.2, 0.25) is 5.02 Å². The van der Waals surface area contributed by atoms with Gasteiger partial charge in [0.15, 0.2) is 9.84 Å². The van der Waals surface area contributed by atoms with E-state index in [9.17, 15) is 17.6 Å². The summed E-state index contributed by atoms with van der Waals surface area (Å²) in [5, 5.41) is 0.260. The lowest BCUT2D eigenvalue weighted by Crippen LogP contribution is -2.52. The van der Waals surface area contributed by atoms with Gasteiger partial charge in [0.25, 0.3) is 0 Å². The number of hydrogen-bond donors (Lipinski definition) is 0. The Morgan fingerprint density at radius 3 is 2.56 bits per heavy atom. The van der Waals surface area contributed by atoms with Gasteiger partial charge in [0, 0.05) is 43.9 Å². The quantitative estimate of drug-likeness (QED) is 0.743. The normalized spacial score (nSPS) is 24.1. The summed E-state index contributed by atoms with van der Waals surface area (Å²) in [7, 11) is -2.90. The molecule has 25 heavy (non-hydrogen) atoms. The van der Waals surface area contributed by atoms with E-state index in [1.807, 2.05) is 0 Å². The third-order valence-electron chi connectivity index (χ3n) is 4.74. The van der Waals surface area contributed by atoms with E-state index < -0.39 is 15.7 Å². The average Bonchev–Trinajstić information content (AvgIpc) is 2.94. The van der Waals surface area contributed by atoms with Gasteiger partial charge in [-0.05, 0) is 24.6 Å². The van der Waals surface area contributed by atoms with Gasteiger partial charge in [0.2, 0.25) is 5.91 Å². The molecule has 2 aliphatic heterocycles. The van der Waals surface area contributed by atoms with E-state index >= 15 is 0 Å². The smallest absolute Gasteiger partial charge is 0.246 e. The van der Waals surface area contributed by atoms with E-state index in [0.717, 1.165) is 0 Å². The zero-order valence-electron chi connectivity index (χ0n) is 13.7. The fourth-order valence-electron chi connectivity index (χ4n) is 3.30. The van der Waals surface area contributed by atoms with Gasteiger partial charge >= 0.3 is 0 Å². The van der Waals surface area contributed by atoms with Gasteiger partial charge in [0.1, 0.15) is 5.82 Å². The summed E-state index contributed by atoms with van der Waals surface area (Å²) in [6, 6.07) is 4.45. The lowest BCUT2D eigenvalue weighted by atomic mass is 10.1. The summed E-state index contributed by atoms with van der Waals surface area (Å²) >= 11 is 5.94. The molecule has 0 bridgehead atoms. The van der Waals surface area contributed by atoms with Crippen molar-refractivity contribution >= 4 is 33.4 Å². The molecular weight excluding hydrogens is 367 g/mol. The summed E-state index contributed by atoms with van der Waals surface area (Å²) < 4.78 is 36.9. The molecule has 0 aromatic heterocycles. The molecule has 0 spiro atoms. The van der Waals surface area contributed by atoms with Crippen molar-refractivity contribution < 1.29 is 17.6 Å². The summed E-state index contributed by atoms with van der Waals surface area (Å²) in [4.78, 5) is 16.1. The highest BCUT2D eigenvalue weighted by Gasteiger charge is 2.34. The van der Waals surface area contributed by atoms with Crippen LogP contribution in [0.25, 0.3) is 6.08 Å². The third-order valence-corrected chi connectivity index (χ3v) is 6.82. The van der Waals surface area contributed by atoms with Crippen molar-refractivity contribution in [2.24, 2.45) is 0 Å². The van der Waals surface area contributed by atoms with Crippen LogP contribution < -0.4 is 0 Å². The van der Waals surface area contributed by atoms with Crippen molar-refractivity contribution in [3.05, 3.63) is 40.7 Å². The molecule has 2 saturated heterocycles. The van der Waals surface area contributed by atoms with Gasteiger partial charge in [-0.1, -0.05) is 17.7 Å². The number of benzene rings is 1. The number of carbonyl (C=O) groups is 1. The van der Waals surface area contributed by atoms with E-state index in [1.165, 1.54) is 24.3 Å². The first-order chi connectivity index (χ1) is 11.9. The largest absolute Gasteiger partial charge is 0.337 e. The van der Waals surface area contributed by atoms with Gasteiger partial charge in [-0.25, -0.2) is 12.8 Å². The second kappa shape index (κ2) is 7.43. The second-order valence-corrected chi connectivity index (χ2v) is 9.02. The Hall–Kier alpha value is -1.44. The molecule has 0 radical (unpaired) electrons. The molecule has 0 saturated carbocycles. The van der Waals surface area contributed by atoms with E-state index in [-0.39, 0.29) is 34.0 Å². The summed E-state index contributed by atoms with van der Waals surface area (Å²) in [6.07, 6.45) is 3.40. The first kappa shape index (κ1) is 18.4. The Morgan fingerprint density at radius 1 is 1.24 bits per heavy atom. The van der Waals surface area contributed by atoms with Crippen LogP contribution in [0.1, 0.15) is 12.0 Å². The zero-order valence-corrected chi connectivity index (χ0v) is 15.3. The van der Waals surface area contributed by atoms with Crippen LogP contribution in [0.5, 0.6) is 0 Å². The minimum atomic E-state index is -2.90. The predicted octanol–water partition coefficient (Wildman–Crippen LogP) is 1.82. The molecule has 1 amide bonds. The molecule has 1 atom stereocenters. The summed E-state index contributed by atoms with van der Waals surface area (Å²) in [5.41, 5.74) is 0.201. The van der Waals surface area contributed by atoms with Crippen LogP contribution in [0, 0.1) is 5.82 Å². The average molecular weight is 387 g/mol. The Kier molecular flexibility index (Phi) is 5.46. The maximum absolute atomic E-state index is 13.7. The van der Waals surface area contributed by atoms with E-state index in [4.69, 9.17) is 11.6 Å². The summed E-state index contributed by atoms with van der Waals surface area (Å²) in [5.74, 6) is -0.197. The SMILES string of the molecule is O=C(/C=C/c1c(F)cccc1Cl)N1CCN([C@H]2CCS(=O)(=O)C2)CC1. The van der Waals surface area contributed by atoms with Crippen molar-refractivity contribution in [1.82, 2.24) is 9.80 Å². The van der Waals surface area contributed by atoms with Gasteiger partial charge in [0.05, 0.1) is 16.5 Å². The minimum absolute atomic E-state index is 0.0648. The van der Waals surface area contributed by atoms with Crippen LogP contribution in [0.15, 0.2) is 24.3 Å². The number of halogens is 2. The maximum Gasteiger partial charge on any atom is 0.246 e. The number of rotatable bonds is 3. The van der Waals surface area contributed by atoms with Crippen LogP contribution in [0.4, 0.5) is 4.39 Å². The topological polar surface area (TPSA) is 57.7 Å². The Balaban J connectivity index is 1.56. The van der Waals surface area contributed by atoms with Crippen molar-refractivity contribution in [3.8, 4) is 0 Å². The molecule has 1 aromatic carbocycles. The molecule has 5 nitrogen and oxygen atoms in total. The lowest BCUT2D eigenvalue weighted by molar-refractivity contribution is -0.127. The molecule has 0 N–H and O–H groups in total. The Bertz CT molecular complexity index is 769. The summed E-state index contributed by atoms with van der Waals surface area (Å²) in [6.45, 7) is 2.37. The molecule has 2 fully saturated rings. The Labute approximate surface area is 152 Å². The van der Waals surface area contributed by atoms with Gasteiger partial charge in [-0.2, -0.15) is 0 Å². The molecule has 0 aliphatic carbocycles. The number of carbonyl (C=O) groups excluding carboxylic acids is 1. The third kappa shape index (κ3) is 4.40. The maximum atomic E-state index is 13.7. The van der Waals surface area contributed by atoms with E-state index in [2.05, 4.69) is 4.90 Å². The fraction of sp³-hybridized carbons (Fsp3) is 0.471. The molecule has 8 heteroatoms. The number of hydrogen-bond acceptors (Lipinski definition) is 4. The molecular formula is C17H20ClFN2O3S. The number of nitrogens with zero attached hydrogens (tertiary/aromatic N) is 2. The highest BCUT2D eigenvalue weighted by molar-refractivity contribution is 7.91. The highest BCUT2D eigenvalue weighted by atomic mass is 35.5.